The van der Waals surface area contributed by atoms with Crippen LogP contribution in [0, 0.1) is 6.92 Å². The van der Waals surface area contributed by atoms with Crippen LogP contribution in [0.4, 0.5) is 5.69 Å². The Bertz CT molecular complexity index is 488. The van der Waals surface area contributed by atoms with Crippen molar-refractivity contribution in [2.24, 2.45) is 5.84 Å². The lowest BCUT2D eigenvalue weighted by molar-refractivity contribution is -0.0370. The fraction of sp³-hybridized carbons (Fsp3) is 0.538. The summed E-state index contributed by atoms with van der Waals surface area (Å²) < 4.78 is 5.43. The zero-order valence-corrected chi connectivity index (χ0v) is 11.6. The SMILES string of the molecule is Cc1cc(NN)c(C(=O)N2CCOCC2(C)C)cn1. The monoisotopic (exact) mass is 264 g/mol. The number of aromatic nitrogens is 1. The number of pyridine rings is 1. The Morgan fingerprint density at radius 1 is 1.58 bits per heavy atom. The highest BCUT2D eigenvalue weighted by Gasteiger charge is 2.35. The number of hydrogen-bond donors (Lipinski definition) is 2. The molecule has 0 radical (unpaired) electrons. The van der Waals surface area contributed by atoms with Gasteiger partial charge in [0.05, 0.1) is 30.0 Å². The average Bonchev–Trinajstić information content (AvgIpc) is 2.37. The Balaban J connectivity index is 2.33. The highest BCUT2D eigenvalue weighted by atomic mass is 16.5. The van der Waals surface area contributed by atoms with E-state index in [1.165, 1.54) is 0 Å². The Labute approximate surface area is 112 Å². The zero-order valence-electron chi connectivity index (χ0n) is 11.6. The molecule has 6 nitrogen and oxygen atoms in total. The fourth-order valence-electron chi connectivity index (χ4n) is 2.23. The highest BCUT2D eigenvalue weighted by molar-refractivity contribution is 5.99. The summed E-state index contributed by atoms with van der Waals surface area (Å²) >= 11 is 0. The number of nitrogen functional groups attached to an aromatic ring is 1. The molecule has 0 atom stereocenters. The van der Waals surface area contributed by atoms with E-state index in [-0.39, 0.29) is 11.4 Å². The number of rotatable bonds is 2. The molecule has 1 aromatic heterocycles. The van der Waals surface area contributed by atoms with Crippen molar-refractivity contribution in [3.8, 4) is 0 Å². The number of amides is 1. The number of carbonyl (C=O) groups excluding carboxylic acids is 1. The van der Waals surface area contributed by atoms with Gasteiger partial charge in [-0.1, -0.05) is 0 Å². The number of hydrogen-bond acceptors (Lipinski definition) is 5. The van der Waals surface area contributed by atoms with Gasteiger partial charge in [0, 0.05) is 18.4 Å². The van der Waals surface area contributed by atoms with Gasteiger partial charge in [0.1, 0.15) is 0 Å². The number of carbonyl (C=O) groups is 1. The molecule has 0 aliphatic carbocycles. The van der Waals surface area contributed by atoms with Crippen molar-refractivity contribution < 1.29 is 9.53 Å². The summed E-state index contributed by atoms with van der Waals surface area (Å²) in [7, 11) is 0. The number of nitrogens with zero attached hydrogens (tertiary/aromatic N) is 2. The summed E-state index contributed by atoms with van der Waals surface area (Å²) in [4.78, 5) is 18.6. The molecule has 1 amide bonds. The Hall–Kier alpha value is -1.66. The van der Waals surface area contributed by atoms with E-state index in [0.29, 0.717) is 31.0 Å². The molecule has 0 aromatic carbocycles. The molecule has 6 heteroatoms. The molecule has 3 N–H and O–H groups in total. The van der Waals surface area contributed by atoms with Crippen LogP contribution in [0.1, 0.15) is 29.9 Å². The normalized spacial score (nSPS) is 18.2. The molecule has 2 rings (SSSR count). The molecule has 2 heterocycles. The van der Waals surface area contributed by atoms with Gasteiger partial charge in [0.25, 0.3) is 5.91 Å². The molecule has 1 aliphatic rings. The van der Waals surface area contributed by atoms with Crippen LogP contribution in [-0.2, 0) is 4.74 Å². The summed E-state index contributed by atoms with van der Waals surface area (Å²) in [6, 6.07) is 1.76. The minimum absolute atomic E-state index is 0.0752. The number of nitrogens with two attached hydrogens (primary N) is 1. The quantitative estimate of drug-likeness (QED) is 0.613. The van der Waals surface area contributed by atoms with Crippen LogP contribution in [0.3, 0.4) is 0 Å². The van der Waals surface area contributed by atoms with Crippen LogP contribution in [-0.4, -0.2) is 41.1 Å². The summed E-state index contributed by atoms with van der Waals surface area (Å²) in [5, 5.41) is 0. The number of ether oxygens (including phenoxy) is 1. The zero-order chi connectivity index (χ0) is 14.0. The van der Waals surface area contributed by atoms with Crippen molar-refractivity contribution in [2.75, 3.05) is 25.2 Å². The third-order valence-electron chi connectivity index (χ3n) is 3.32. The van der Waals surface area contributed by atoms with E-state index in [1.807, 2.05) is 25.7 Å². The lowest BCUT2D eigenvalue weighted by Crippen LogP contribution is -2.55. The van der Waals surface area contributed by atoms with Crippen molar-refractivity contribution in [1.29, 1.82) is 0 Å². The molecule has 0 unspecified atom stereocenters. The second-order valence-electron chi connectivity index (χ2n) is 5.34. The predicted octanol–water partition coefficient (Wildman–Crippen LogP) is 0.927. The maximum atomic E-state index is 12.6. The molecular formula is C13H20N4O2. The molecule has 0 saturated carbocycles. The van der Waals surface area contributed by atoms with Gasteiger partial charge >= 0.3 is 0 Å². The van der Waals surface area contributed by atoms with Gasteiger partial charge < -0.3 is 15.1 Å². The summed E-state index contributed by atoms with van der Waals surface area (Å²) in [6.45, 7) is 7.49. The van der Waals surface area contributed by atoms with E-state index in [2.05, 4.69) is 10.4 Å². The molecule has 19 heavy (non-hydrogen) atoms. The number of hydrazine groups is 1. The molecule has 1 aromatic rings. The summed E-state index contributed by atoms with van der Waals surface area (Å²) in [5.41, 5.74) is 4.13. The average molecular weight is 264 g/mol. The molecule has 104 valence electrons. The van der Waals surface area contributed by atoms with Crippen molar-refractivity contribution in [3.63, 3.8) is 0 Å². The van der Waals surface area contributed by atoms with E-state index in [9.17, 15) is 4.79 Å². The van der Waals surface area contributed by atoms with Gasteiger partial charge in [0.15, 0.2) is 0 Å². The Morgan fingerprint density at radius 3 is 2.95 bits per heavy atom. The largest absolute Gasteiger partial charge is 0.377 e. The standard InChI is InChI=1S/C13H20N4O2/c1-9-6-11(16-14)10(7-15-9)12(18)17-4-5-19-8-13(17,2)3/h6-7H,4-5,8,14H2,1-3H3,(H,15,16). The van der Waals surface area contributed by atoms with E-state index >= 15 is 0 Å². The Kier molecular flexibility index (Phi) is 3.73. The van der Waals surface area contributed by atoms with Crippen LogP contribution in [0.2, 0.25) is 0 Å². The molecule has 1 saturated heterocycles. The molecule has 0 bridgehead atoms. The summed E-state index contributed by atoms with van der Waals surface area (Å²) in [5.74, 6) is 5.41. The first kappa shape index (κ1) is 13.8. The first-order chi connectivity index (χ1) is 8.95. The van der Waals surface area contributed by atoms with E-state index in [0.717, 1.165) is 5.69 Å². The number of anilines is 1. The first-order valence-electron chi connectivity index (χ1n) is 6.28. The molecule has 0 spiro atoms. The van der Waals surface area contributed by atoms with Crippen LogP contribution < -0.4 is 11.3 Å². The van der Waals surface area contributed by atoms with Crippen LogP contribution in [0.15, 0.2) is 12.3 Å². The number of nitrogens with one attached hydrogen (secondary N) is 1. The fourth-order valence-corrected chi connectivity index (χ4v) is 2.23. The maximum Gasteiger partial charge on any atom is 0.258 e. The Morgan fingerprint density at radius 2 is 2.32 bits per heavy atom. The van der Waals surface area contributed by atoms with Gasteiger partial charge in [-0.2, -0.15) is 0 Å². The van der Waals surface area contributed by atoms with Crippen LogP contribution in [0.25, 0.3) is 0 Å². The first-order valence-corrected chi connectivity index (χ1v) is 6.28. The van der Waals surface area contributed by atoms with Gasteiger partial charge in [0.2, 0.25) is 0 Å². The number of morpholine rings is 1. The van der Waals surface area contributed by atoms with Gasteiger partial charge in [-0.3, -0.25) is 15.6 Å². The second kappa shape index (κ2) is 5.14. The second-order valence-corrected chi connectivity index (χ2v) is 5.34. The van der Waals surface area contributed by atoms with E-state index < -0.39 is 0 Å². The van der Waals surface area contributed by atoms with Gasteiger partial charge in [-0.15, -0.1) is 0 Å². The smallest absolute Gasteiger partial charge is 0.258 e. The van der Waals surface area contributed by atoms with Crippen molar-refractivity contribution in [3.05, 3.63) is 23.5 Å². The van der Waals surface area contributed by atoms with Gasteiger partial charge in [-0.25, -0.2) is 0 Å². The van der Waals surface area contributed by atoms with Crippen LogP contribution >= 0.6 is 0 Å². The lowest BCUT2D eigenvalue weighted by atomic mass is 10.0. The third-order valence-corrected chi connectivity index (χ3v) is 3.32. The topological polar surface area (TPSA) is 80.5 Å². The number of aryl methyl sites for hydroxylation is 1. The van der Waals surface area contributed by atoms with E-state index in [4.69, 9.17) is 10.6 Å². The minimum Gasteiger partial charge on any atom is -0.377 e. The molecule has 1 aliphatic heterocycles. The lowest BCUT2D eigenvalue weighted by Gasteiger charge is -2.42. The maximum absolute atomic E-state index is 12.6. The highest BCUT2D eigenvalue weighted by Crippen LogP contribution is 2.24. The predicted molar refractivity (Wildman–Crippen MR) is 72.7 cm³/mol. The van der Waals surface area contributed by atoms with Crippen molar-refractivity contribution in [2.45, 2.75) is 26.3 Å². The molecular weight excluding hydrogens is 244 g/mol. The third kappa shape index (κ3) is 2.69. The van der Waals surface area contributed by atoms with Crippen LogP contribution in [0.5, 0.6) is 0 Å². The minimum atomic E-state index is -0.327. The van der Waals surface area contributed by atoms with E-state index in [1.54, 1.807) is 12.3 Å². The van der Waals surface area contributed by atoms with Crippen molar-refractivity contribution in [1.82, 2.24) is 9.88 Å². The summed E-state index contributed by atoms with van der Waals surface area (Å²) in [6.07, 6.45) is 1.57. The van der Waals surface area contributed by atoms with Gasteiger partial charge in [-0.05, 0) is 26.8 Å². The van der Waals surface area contributed by atoms with Crippen molar-refractivity contribution >= 4 is 11.6 Å². The molecule has 1 fully saturated rings.